The number of rotatable bonds is 8. The molecule has 0 spiro atoms. The third kappa shape index (κ3) is 4.53. The first-order valence-corrected chi connectivity index (χ1v) is 7.54. The van der Waals surface area contributed by atoms with Gasteiger partial charge in [0.25, 0.3) is 0 Å². The van der Waals surface area contributed by atoms with E-state index < -0.39 is 0 Å². The maximum absolute atomic E-state index is 6.28. The monoisotopic (exact) mass is 284 g/mol. The van der Waals surface area contributed by atoms with E-state index in [1.54, 1.807) is 6.20 Å². The number of nitrogens with zero attached hydrogens (tertiary/aromatic N) is 3. The van der Waals surface area contributed by atoms with Gasteiger partial charge in [-0.25, -0.2) is 4.98 Å². The lowest BCUT2D eigenvalue weighted by molar-refractivity contribution is 0.589. The number of anilines is 2. The Bertz CT molecular complexity index is 384. The second kappa shape index (κ2) is 8.20. The van der Waals surface area contributed by atoms with Gasteiger partial charge in [0.2, 0.25) is 5.95 Å². The molecule has 0 bridgehead atoms. The van der Waals surface area contributed by atoms with E-state index in [0.29, 0.717) is 17.0 Å². The molecule has 1 aromatic rings. The lowest BCUT2D eigenvalue weighted by Gasteiger charge is -2.30. The van der Waals surface area contributed by atoms with Gasteiger partial charge in [0.15, 0.2) is 5.82 Å². The highest BCUT2D eigenvalue weighted by Crippen LogP contribution is 2.26. The molecule has 0 saturated heterocycles. The molecule has 1 rings (SSSR count). The number of unbranched alkanes of at least 4 members (excludes halogenated alkanes) is 1. The van der Waals surface area contributed by atoms with Crippen molar-refractivity contribution >= 4 is 23.4 Å². The second-order valence-corrected chi connectivity index (χ2v) is 5.11. The van der Waals surface area contributed by atoms with E-state index in [1.807, 2.05) is 6.92 Å². The van der Waals surface area contributed by atoms with Crippen LogP contribution in [-0.2, 0) is 0 Å². The molecule has 5 heteroatoms. The first-order chi connectivity index (χ1) is 9.13. The van der Waals surface area contributed by atoms with Gasteiger partial charge >= 0.3 is 0 Å². The molecule has 1 N–H and O–H groups in total. The van der Waals surface area contributed by atoms with E-state index in [4.69, 9.17) is 11.6 Å². The lowest BCUT2D eigenvalue weighted by atomic mass is 10.2. The molecule has 0 radical (unpaired) electrons. The Morgan fingerprint density at radius 2 is 2.11 bits per heavy atom. The van der Waals surface area contributed by atoms with Crippen LogP contribution in [0.15, 0.2) is 6.20 Å². The molecule has 0 aromatic carbocycles. The van der Waals surface area contributed by atoms with E-state index in [2.05, 4.69) is 41.0 Å². The molecule has 108 valence electrons. The molecular formula is C14H25ClN4. The third-order valence-corrected chi connectivity index (χ3v) is 3.47. The van der Waals surface area contributed by atoms with Crippen LogP contribution in [-0.4, -0.2) is 29.1 Å². The van der Waals surface area contributed by atoms with Gasteiger partial charge in [-0.1, -0.05) is 31.9 Å². The summed E-state index contributed by atoms with van der Waals surface area (Å²) in [6.45, 7) is 10.4. The van der Waals surface area contributed by atoms with E-state index >= 15 is 0 Å². The Morgan fingerprint density at radius 3 is 2.68 bits per heavy atom. The minimum absolute atomic E-state index is 0.424. The summed E-state index contributed by atoms with van der Waals surface area (Å²) in [7, 11) is 0. The summed E-state index contributed by atoms with van der Waals surface area (Å²) >= 11 is 6.28. The largest absolute Gasteiger partial charge is 0.354 e. The highest BCUT2D eigenvalue weighted by molar-refractivity contribution is 6.32. The normalized spacial score (nSPS) is 12.3. The zero-order valence-corrected chi connectivity index (χ0v) is 13.2. The van der Waals surface area contributed by atoms with Gasteiger partial charge in [-0.2, -0.15) is 4.98 Å². The maximum Gasteiger partial charge on any atom is 0.224 e. The number of aromatic nitrogens is 2. The fraction of sp³-hybridized carbons (Fsp3) is 0.714. The van der Waals surface area contributed by atoms with Crippen molar-refractivity contribution in [2.75, 3.05) is 23.3 Å². The summed E-state index contributed by atoms with van der Waals surface area (Å²) in [6, 6.07) is 0.424. The van der Waals surface area contributed by atoms with Crippen LogP contribution in [0.2, 0.25) is 5.02 Å². The van der Waals surface area contributed by atoms with E-state index in [0.717, 1.165) is 38.2 Å². The first kappa shape index (κ1) is 16.0. The number of hydrogen-bond acceptors (Lipinski definition) is 4. The Labute approximate surface area is 121 Å². The Balaban J connectivity index is 3.01. The second-order valence-electron chi connectivity index (χ2n) is 4.70. The van der Waals surface area contributed by atoms with Crippen molar-refractivity contribution in [1.29, 1.82) is 0 Å². The third-order valence-electron chi connectivity index (χ3n) is 3.21. The van der Waals surface area contributed by atoms with Crippen LogP contribution >= 0.6 is 11.6 Å². The molecule has 0 aliphatic rings. The SMILES string of the molecule is CCCCN(c1nc(NCC)ncc1Cl)C(C)CC. The van der Waals surface area contributed by atoms with Crippen LogP contribution in [0.3, 0.4) is 0 Å². The summed E-state index contributed by atoms with van der Waals surface area (Å²) < 4.78 is 0. The molecule has 0 fully saturated rings. The Morgan fingerprint density at radius 1 is 1.37 bits per heavy atom. The zero-order chi connectivity index (χ0) is 14.3. The summed E-state index contributed by atoms with van der Waals surface area (Å²) in [6.07, 6.45) is 5.06. The van der Waals surface area contributed by atoms with Gasteiger partial charge in [0.1, 0.15) is 5.02 Å². The van der Waals surface area contributed by atoms with Crippen LogP contribution in [0.5, 0.6) is 0 Å². The van der Waals surface area contributed by atoms with E-state index in [1.165, 1.54) is 0 Å². The molecule has 1 atom stereocenters. The van der Waals surface area contributed by atoms with Crippen molar-refractivity contribution < 1.29 is 0 Å². The Kier molecular flexibility index (Phi) is 6.92. The molecule has 0 aliphatic heterocycles. The van der Waals surface area contributed by atoms with Crippen LogP contribution < -0.4 is 10.2 Å². The van der Waals surface area contributed by atoms with Gasteiger partial charge in [-0.15, -0.1) is 0 Å². The maximum atomic E-state index is 6.28. The van der Waals surface area contributed by atoms with Crippen LogP contribution in [0.25, 0.3) is 0 Å². The highest BCUT2D eigenvalue weighted by atomic mass is 35.5. The summed E-state index contributed by atoms with van der Waals surface area (Å²) in [5.74, 6) is 1.49. The van der Waals surface area contributed by atoms with Crippen LogP contribution in [0, 0.1) is 0 Å². The first-order valence-electron chi connectivity index (χ1n) is 7.17. The van der Waals surface area contributed by atoms with Crippen molar-refractivity contribution in [1.82, 2.24) is 9.97 Å². The van der Waals surface area contributed by atoms with Crippen LogP contribution in [0.1, 0.15) is 47.0 Å². The summed E-state index contributed by atoms with van der Waals surface area (Å²) in [5, 5.41) is 3.76. The number of nitrogens with one attached hydrogen (secondary N) is 1. The molecular weight excluding hydrogens is 260 g/mol. The van der Waals surface area contributed by atoms with Gasteiger partial charge in [0, 0.05) is 19.1 Å². The zero-order valence-electron chi connectivity index (χ0n) is 12.4. The quantitative estimate of drug-likeness (QED) is 0.784. The summed E-state index contributed by atoms with van der Waals surface area (Å²) in [4.78, 5) is 11.0. The summed E-state index contributed by atoms with van der Waals surface area (Å²) in [5.41, 5.74) is 0. The van der Waals surface area contributed by atoms with Crippen molar-refractivity contribution in [3.8, 4) is 0 Å². The topological polar surface area (TPSA) is 41.1 Å². The predicted octanol–water partition coefficient (Wildman–Crippen LogP) is 3.97. The van der Waals surface area contributed by atoms with E-state index in [-0.39, 0.29) is 0 Å². The van der Waals surface area contributed by atoms with Gasteiger partial charge in [0.05, 0.1) is 6.20 Å². The average molecular weight is 285 g/mol. The number of hydrogen-bond donors (Lipinski definition) is 1. The number of halogens is 1. The highest BCUT2D eigenvalue weighted by Gasteiger charge is 2.18. The average Bonchev–Trinajstić information content (AvgIpc) is 2.42. The van der Waals surface area contributed by atoms with Gasteiger partial charge < -0.3 is 10.2 Å². The van der Waals surface area contributed by atoms with Crippen molar-refractivity contribution in [2.24, 2.45) is 0 Å². The van der Waals surface area contributed by atoms with Gasteiger partial charge in [-0.05, 0) is 26.7 Å². The molecule has 1 heterocycles. The minimum Gasteiger partial charge on any atom is -0.354 e. The van der Waals surface area contributed by atoms with Gasteiger partial charge in [-0.3, -0.25) is 0 Å². The molecule has 1 aromatic heterocycles. The fourth-order valence-electron chi connectivity index (χ4n) is 1.89. The van der Waals surface area contributed by atoms with Crippen molar-refractivity contribution in [3.63, 3.8) is 0 Å². The fourth-order valence-corrected chi connectivity index (χ4v) is 2.09. The van der Waals surface area contributed by atoms with Crippen molar-refractivity contribution in [3.05, 3.63) is 11.2 Å². The predicted molar refractivity (Wildman–Crippen MR) is 83.2 cm³/mol. The molecule has 0 aliphatic carbocycles. The molecule has 0 saturated carbocycles. The molecule has 1 unspecified atom stereocenters. The lowest BCUT2D eigenvalue weighted by Crippen LogP contribution is -2.34. The van der Waals surface area contributed by atoms with Crippen molar-refractivity contribution in [2.45, 2.75) is 53.0 Å². The molecule has 4 nitrogen and oxygen atoms in total. The van der Waals surface area contributed by atoms with Crippen LogP contribution in [0.4, 0.5) is 11.8 Å². The smallest absolute Gasteiger partial charge is 0.224 e. The molecule has 19 heavy (non-hydrogen) atoms. The molecule has 0 amide bonds. The minimum atomic E-state index is 0.424. The standard InChI is InChI=1S/C14H25ClN4/c1-5-8-9-19(11(4)6-2)13-12(15)10-17-14(18-13)16-7-3/h10-11H,5-9H2,1-4H3,(H,16,17,18). The van der Waals surface area contributed by atoms with E-state index in [9.17, 15) is 0 Å². The Hall–Kier alpha value is -1.03.